The van der Waals surface area contributed by atoms with Crippen LogP contribution in [0.5, 0.6) is 0 Å². The van der Waals surface area contributed by atoms with E-state index in [2.05, 4.69) is 23.2 Å². The average Bonchev–Trinajstić information content (AvgIpc) is 2.94. The fourth-order valence-corrected chi connectivity index (χ4v) is 2.62. The summed E-state index contributed by atoms with van der Waals surface area (Å²) in [5.41, 5.74) is 7.12. The van der Waals surface area contributed by atoms with Gasteiger partial charge in [0, 0.05) is 11.6 Å². The van der Waals surface area contributed by atoms with Crippen LogP contribution >= 0.6 is 11.5 Å². The molecule has 3 N–H and O–H groups in total. The Morgan fingerprint density at radius 2 is 2.47 bits per heavy atom. The highest BCUT2D eigenvalue weighted by Crippen LogP contribution is 2.47. The Morgan fingerprint density at radius 3 is 3.07 bits per heavy atom. The molecule has 0 bridgehead atoms. The third-order valence-electron chi connectivity index (χ3n) is 2.64. The highest BCUT2D eigenvalue weighted by molar-refractivity contribution is 7.10. The summed E-state index contributed by atoms with van der Waals surface area (Å²) < 4.78 is 4.22. The maximum absolute atomic E-state index is 5.87. The molecule has 1 atom stereocenters. The van der Waals surface area contributed by atoms with E-state index >= 15 is 0 Å². The molecule has 15 heavy (non-hydrogen) atoms. The molecule has 1 fully saturated rings. The van der Waals surface area contributed by atoms with Crippen molar-refractivity contribution >= 4 is 22.4 Å². The number of hydrogen-bond acceptors (Lipinski definition) is 4. The largest absolute Gasteiger partial charge is 0.383 e. The monoisotopic (exact) mass is 223 g/mol. The average molecular weight is 223 g/mol. The number of nitrogens with zero attached hydrogens (tertiary/aromatic N) is 1. The predicted molar refractivity (Wildman–Crippen MR) is 66.4 cm³/mol. The Bertz CT molecular complexity index is 355. The quantitative estimate of drug-likeness (QED) is 0.754. The molecule has 0 aromatic carbocycles. The van der Waals surface area contributed by atoms with Crippen molar-refractivity contribution in [2.75, 3.05) is 11.1 Å². The van der Waals surface area contributed by atoms with Crippen LogP contribution in [0, 0.1) is 0 Å². The highest BCUT2D eigenvalue weighted by atomic mass is 32.1. The molecule has 1 aromatic rings. The Hall–Kier alpha value is -1.03. The van der Waals surface area contributed by atoms with Gasteiger partial charge in [0.1, 0.15) is 10.8 Å². The van der Waals surface area contributed by atoms with E-state index in [-0.39, 0.29) is 0 Å². The van der Waals surface area contributed by atoms with Crippen molar-refractivity contribution in [1.82, 2.24) is 4.37 Å². The molecule has 0 aliphatic heterocycles. The van der Waals surface area contributed by atoms with Crippen LogP contribution in [0.15, 0.2) is 12.7 Å². The first kappa shape index (κ1) is 10.5. The molecule has 1 saturated carbocycles. The van der Waals surface area contributed by atoms with Crippen molar-refractivity contribution in [3.05, 3.63) is 18.2 Å². The highest BCUT2D eigenvalue weighted by Gasteiger charge is 2.30. The van der Waals surface area contributed by atoms with Crippen LogP contribution in [-0.2, 0) is 0 Å². The van der Waals surface area contributed by atoms with E-state index < -0.39 is 0 Å². The molecule has 1 unspecified atom stereocenters. The number of nitrogen functional groups attached to an aromatic ring is 1. The topological polar surface area (TPSA) is 50.9 Å². The molecule has 0 amide bonds. The maximum Gasteiger partial charge on any atom is 0.142 e. The van der Waals surface area contributed by atoms with Crippen LogP contribution in [0.3, 0.4) is 0 Å². The Labute approximate surface area is 94.5 Å². The Kier molecular flexibility index (Phi) is 2.95. The lowest BCUT2D eigenvalue weighted by atomic mass is 10.2. The summed E-state index contributed by atoms with van der Waals surface area (Å²) in [7, 11) is 0. The van der Waals surface area contributed by atoms with Crippen molar-refractivity contribution in [3.8, 4) is 0 Å². The summed E-state index contributed by atoms with van der Waals surface area (Å²) in [5, 5.41) is 4.62. The smallest absolute Gasteiger partial charge is 0.142 e. The minimum atomic E-state index is 0.403. The zero-order valence-corrected chi connectivity index (χ0v) is 9.81. The summed E-state index contributed by atoms with van der Waals surface area (Å²) in [4.78, 5) is 0. The standard InChI is InChI=1S/C11H17N3S/c1-3-4-7(2)13-11-9(8-5-6-8)10(12)14-15-11/h3,7-8,13H,1,4-6H2,2H3,(H2,12,14). The van der Waals surface area contributed by atoms with Gasteiger partial charge in [0.05, 0.1) is 0 Å². The third kappa shape index (κ3) is 2.31. The van der Waals surface area contributed by atoms with Crippen molar-refractivity contribution in [1.29, 1.82) is 0 Å². The van der Waals surface area contributed by atoms with Gasteiger partial charge in [-0.15, -0.1) is 6.58 Å². The van der Waals surface area contributed by atoms with E-state index in [1.807, 2.05) is 6.08 Å². The molecule has 4 heteroatoms. The van der Waals surface area contributed by atoms with E-state index in [0.29, 0.717) is 12.0 Å². The molecule has 2 rings (SSSR count). The molecule has 0 spiro atoms. The number of aromatic nitrogens is 1. The molecular weight excluding hydrogens is 206 g/mol. The van der Waals surface area contributed by atoms with Gasteiger partial charge in [-0.2, -0.15) is 4.37 Å². The van der Waals surface area contributed by atoms with Gasteiger partial charge >= 0.3 is 0 Å². The van der Waals surface area contributed by atoms with Gasteiger partial charge in [0.2, 0.25) is 0 Å². The van der Waals surface area contributed by atoms with Crippen LogP contribution < -0.4 is 11.1 Å². The molecule has 1 aromatic heterocycles. The summed E-state index contributed by atoms with van der Waals surface area (Å²) in [6, 6.07) is 0.403. The van der Waals surface area contributed by atoms with Crippen LogP contribution in [-0.4, -0.2) is 10.4 Å². The molecule has 0 radical (unpaired) electrons. The molecule has 82 valence electrons. The minimum Gasteiger partial charge on any atom is -0.383 e. The zero-order chi connectivity index (χ0) is 10.8. The molecule has 0 saturated heterocycles. The van der Waals surface area contributed by atoms with Crippen LogP contribution in [0.4, 0.5) is 10.8 Å². The normalized spacial score (nSPS) is 17.4. The van der Waals surface area contributed by atoms with E-state index in [4.69, 9.17) is 5.73 Å². The van der Waals surface area contributed by atoms with Crippen LogP contribution in [0.25, 0.3) is 0 Å². The first-order valence-corrected chi connectivity index (χ1v) is 6.12. The van der Waals surface area contributed by atoms with Crippen molar-refractivity contribution in [2.24, 2.45) is 0 Å². The van der Waals surface area contributed by atoms with Crippen molar-refractivity contribution in [2.45, 2.75) is 38.1 Å². The van der Waals surface area contributed by atoms with Gasteiger partial charge in [0.25, 0.3) is 0 Å². The van der Waals surface area contributed by atoms with E-state index in [1.54, 1.807) is 0 Å². The third-order valence-corrected chi connectivity index (χ3v) is 3.45. The number of hydrogen-bond donors (Lipinski definition) is 2. The lowest BCUT2D eigenvalue weighted by Crippen LogP contribution is -2.13. The summed E-state index contributed by atoms with van der Waals surface area (Å²) >= 11 is 1.48. The van der Waals surface area contributed by atoms with Gasteiger partial charge in [0.15, 0.2) is 0 Å². The number of nitrogens with two attached hydrogens (primary N) is 1. The lowest BCUT2D eigenvalue weighted by Gasteiger charge is -2.12. The van der Waals surface area contributed by atoms with E-state index in [0.717, 1.165) is 17.2 Å². The van der Waals surface area contributed by atoms with Gasteiger partial charge in [-0.3, -0.25) is 0 Å². The summed E-state index contributed by atoms with van der Waals surface area (Å²) in [6.07, 6.45) is 5.40. The van der Waals surface area contributed by atoms with Gasteiger partial charge in [-0.25, -0.2) is 0 Å². The first-order chi connectivity index (χ1) is 7.22. The van der Waals surface area contributed by atoms with Crippen molar-refractivity contribution < 1.29 is 0 Å². The number of nitrogens with one attached hydrogen (secondary N) is 1. The fraction of sp³-hybridized carbons (Fsp3) is 0.545. The van der Waals surface area contributed by atoms with Gasteiger partial charge < -0.3 is 11.1 Å². The van der Waals surface area contributed by atoms with Gasteiger partial charge in [-0.05, 0) is 43.6 Å². The van der Waals surface area contributed by atoms with E-state index in [9.17, 15) is 0 Å². The second-order valence-corrected chi connectivity index (χ2v) is 4.93. The molecule has 1 aliphatic rings. The SMILES string of the molecule is C=CCC(C)Nc1snc(N)c1C1CC1. The summed E-state index contributed by atoms with van der Waals surface area (Å²) in [6.45, 7) is 5.89. The van der Waals surface area contributed by atoms with Crippen molar-refractivity contribution in [3.63, 3.8) is 0 Å². The maximum atomic E-state index is 5.87. The Morgan fingerprint density at radius 1 is 1.73 bits per heavy atom. The van der Waals surface area contributed by atoms with Crippen LogP contribution in [0.2, 0.25) is 0 Å². The lowest BCUT2D eigenvalue weighted by molar-refractivity contribution is 0.815. The zero-order valence-electron chi connectivity index (χ0n) is 8.99. The first-order valence-electron chi connectivity index (χ1n) is 5.34. The van der Waals surface area contributed by atoms with Gasteiger partial charge in [-0.1, -0.05) is 6.08 Å². The number of rotatable bonds is 5. The van der Waals surface area contributed by atoms with Crippen LogP contribution in [0.1, 0.15) is 37.7 Å². The molecular formula is C11H17N3S. The molecule has 1 aliphatic carbocycles. The molecule has 3 nitrogen and oxygen atoms in total. The number of anilines is 2. The second kappa shape index (κ2) is 4.23. The molecule has 1 heterocycles. The minimum absolute atomic E-state index is 0.403. The Balaban J connectivity index is 2.10. The predicted octanol–water partition coefficient (Wildman–Crippen LogP) is 2.98. The second-order valence-electron chi connectivity index (χ2n) is 4.15. The van der Waals surface area contributed by atoms with E-state index in [1.165, 1.54) is 29.9 Å². The fourth-order valence-electron chi connectivity index (χ4n) is 1.71. The summed E-state index contributed by atoms with van der Waals surface area (Å²) in [5.74, 6) is 1.37.